The number of hydrogen-bond acceptors (Lipinski definition) is 4. The van der Waals surface area contributed by atoms with Crippen LogP contribution in [0.15, 0.2) is 23.2 Å². The quantitative estimate of drug-likeness (QED) is 0.253. The van der Waals surface area contributed by atoms with E-state index in [0.717, 1.165) is 0 Å². The molecular formula is C20H28F2IN5O2. The average Bonchev–Trinajstić information content (AvgIpc) is 3.12. The van der Waals surface area contributed by atoms with Crippen molar-refractivity contribution in [2.75, 3.05) is 37.6 Å². The fourth-order valence-electron chi connectivity index (χ4n) is 3.70. The second-order valence-electron chi connectivity index (χ2n) is 7.20. The van der Waals surface area contributed by atoms with Crippen LogP contribution < -0.4 is 15.5 Å². The summed E-state index contributed by atoms with van der Waals surface area (Å²) in [6, 6.07) is 3.85. The summed E-state index contributed by atoms with van der Waals surface area (Å²) in [4.78, 5) is 31.2. The zero-order valence-electron chi connectivity index (χ0n) is 17.0. The van der Waals surface area contributed by atoms with Gasteiger partial charge in [-0.25, -0.2) is 8.78 Å². The topological polar surface area (TPSA) is 77.0 Å². The van der Waals surface area contributed by atoms with E-state index in [-0.39, 0.29) is 54.1 Å². The van der Waals surface area contributed by atoms with Gasteiger partial charge in [0.05, 0.1) is 6.54 Å². The van der Waals surface area contributed by atoms with Gasteiger partial charge in [-0.05, 0) is 31.9 Å². The molecule has 2 saturated heterocycles. The molecule has 10 heteroatoms. The minimum atomic E-state index is -0.568. The fourth-order valence-corrected chi connectivity index (χ4v) is 3.70. The molecule has 0 bridgehead atoms. The van der Waals surface area contributed by atoms with Gasteiger partial charge in [0.15, 0.2) is 5.96 Å². The molecule has 2 heterocycles. The van der Waals surface area contributed by atoms with Crippen molar-refractivity contribution in [1.29, 1.82) is 0 Å². The van der Waals surface area contributed by atoms with Gasteiger partial charge in [0.1, 0.15) is 17.3 Å². The monoisotopic (exact) mass is 535 g/mol. The van der Waals surface area contributed by atoms with E-state index in [0.29, 0.717) is 57.8 Å². The van der Waals surface area contributed by atoms with Gasteiger partial charge in [-0.15, -0.1) is 24.0 Å². The van der Waals surface area contributed by atoms with E-state index in [4.69, 9.17) is 0 Å². The minimum Gasteiger partial charge on any atom is -0.365 e. The number of hydrogen-bond donors (Lipinski definition) is 2. The molecule has 7 nitrogen and oxygen atoms in total. The Kier molecular flexibility index (Phi) is 9.25. The number of nitrogens with zero attached hydrogens (tertiary/aromatic N) is 3. The van der Waals surface area contributed by atoms with Crippen molar-refractivity contribution in [1.82, 2.24) is 15.5 Å². The third-order valence-electron chi connectivity index (χ3n) is 5.10. The molecule has 2 aliphatic rings. The molecule has 1 aromatic rings. The van der Waals surface area contributed by atoms with Crippen molar-refractivity contribution < 1.29 is 18.4 Å². The molecular weight excluding hydrogens is 507 g/mol. The number of guanidine groups is 1. The van der Waals surface area contributed by atoms with Gasteiger partial charge in [0, 0.05) is 45.1 Å². The highest BCUT2D eigenvalue weighted by Gasteiger charge is 2.28. The lowest BCUT2D eigenvalue weighted by atomic mass is 10.1. The Balaban J connectivity index is 0.00000320. The van der Waals surface area contributed by atoms with Crippen molar-refractivity contribution in [3.8, 4) is 0 Å². The normalized spacial score (nSPS) is 19.7. The number of nitrogens with one attached hydrogen (secondary N) is 2. The Morgan fingerprint density at radius 3 is 2.50 bits per heavy atom. The van der Waals surface area contributed by atoms with Gasteiger partial charge in [0.2, 0.25) is 11.8 Å². The highest BCUT2D eigenvalue weighted by molar-refractivity contribution is 14.0. The second-order valence-corrected chi connectivity index (χ2v) is 7.20. The van der Waals surface area contributed by atoms with Crippen LogP contribution in [0.2, 0.25) is 0 Å². The summed E-state index contributed by atoms with van der Waals surface area (Å²) in [6.07, 6.45) is 2.13. The fraction of sp³-hybridized carbons (Fsp3) is 0.550. The number of amides is 2. The average molecular weight is 535 g/mol. The van der Waals surface area contributed by atoms with E-state index < -0.39 is 11.6 Å². The standard InChI is InChI=1S/C20H27F2N5O2.HI/c1-2-23-20(24-10-12-27-17(28)7-4-8-18(27)29)25-14-9-11-26(13-14)19-15(21)5-3-6-16(19)22;/h3,5-6,14H,2,4,7-13H2,1H3,(H2,23,24,25);1H. The summed E-state index contributed by atoms with van der Waals surface area (Å²) in [6.45, 7) is 4.12. The maximum absolute atomic E-state index is 14.0. The molecule has 1 aromatic carbocycles. The zero-order valence-corrected chi connectivity index (χ0v) is 19.3. The van der Waals surface area contributed by atoms with Gasteiger partial charge < -0.3 is 15.5 Å². The number of piperidine rings is 1. The van der Waals surface area contributed by atoms with E-state index >= 15 is 0 Å². The third-order valence-corrected chi connectivity index (χ3v) is 5.10. The molecule has 2 aliphatic heterocycles. The van der Waals surface area contributed by atoms with E-state index in [1.807, 2.05) is 6.92 Å². The van der Waals surface area contributed by atoms with Crippen molar-refractivity contribution in [2.24, 2.45) is 4.99 Å². The Morgan fingerprint density at radius 1 is 1.20 bits per heavy atom. The summed E-state index contributed by atoms with van der Waals surface area (Å²) < 4.78 is 28.0. The number of likely N-dealkylation sites (tertiary alicyclic amines) is 1. The number of imide groups is 1. The van der Waals surface area contributed by atoms with Gasteiger partial charge >= 0.3 is 0 Å². The zero-order chi connectivity index (χ0) is 20.8. The summed E-state index contributed by atoms with van der Waals surface area (Å²) in [7, 11) is 0. The summed E-state index contributed by atoms with van der Waals surface area (Å²) in [5, 5.41) is 6.41. The Bertz CT molecular complexity index is 756. The molecule has 0 aromatic heterocycles. The van der Waals surface area contributed by atoms with Crippen LogP contribution in [-0.4, -0.2) is 61.4 Å². The van der Waals surface area contributed by atoms with Crippen molar-refractivity contribution in [3.05, 3.63) is 29.8 Å². The molecule has 0 spiro atoms. The first kappa shape index (κ1) is 24.3. The van der Waals surface area contributed by atoms with E-state index in [9.17, 15) is 18.4 Å². The molecule has 0 saturated carbocycles. The van der Waals surface area contributed by atoms with Crippen molar-refractivity contribution in [2.45, 2.75) is 38.6 Å². The van der Waals surface area contributed by atoms with Crippen LogP contribution in [-0.2, 0) is 9.59 Å². The Morgan fingerprint density at radius 2 is 1.87 bits per heavy atom. The molecule has 2 amide bonds. The number of halogens is 3. The highest BCUT2D eigenvalue weighted by Crippen LogP contribution is 2.26. The molecule has 166 valence electrons. The third kappa shape index (κ3) is 6.02. The summed E-state index contributed by atoms with van der Waals surface area (Å²) in [5.41, 5.74) is 0.000799. The van der Waals surface area contributed by atoms with Crippen LogP contribution in [0.1, 0.15) is 32.6 Å². The molecule has 1 unspecified atom stereocenters. The lowest BCUT2D eigenvalue weighted by Gasteiger charge is -2.24. The first-order valence-corrected chi connectivity index (χ1v) is 10.1. The number of para-hydroxylation sites is 1. The molecule has 1 atom stereocenters. The molecule has 2 fully saturated rings. The van der Waals surface area contributed by atoms with Gasteiger partial charge in [0.25, 0.3) is 0 Å². The van der Waals surface area contributed by atoms with E-state index in [1.54, 1.807) is 4.90 Å². The van der Waals surface area contributed by atoms with Crippen molar-refractivity contribution >= 4 is 47.4 Å². The highest BCUT2D eigenvalue weighted by atomic mass is 127. The van der Waals surface area contributed by atoms with Crippen LogP contribution in [0.4, 0.5) is 14.5 Å². The predicted molar refractivity (Wildman–Crippen MR) is 122 cm³/mol. The lowest BCUT2D eigenvalue weighted by molar-refractivity contribution is -0.147. The Labute approximate surface area is 192 Å². The predicted octanol–water partition coefficient (Wildman–Crippen LogP) is 2.26. The molecule has 0 aliphatic carbocycles. The smallest absolute Gasteiger partial charge is 0.229 e. The van der Waals surface area contributed by atoms with Crippen LogP contribution in [0.5, 0.6) is 0 Å². The lowest BCUT2D eigenvalue weighted by Crippen LogP contribution is -2.45. The number of rotatable bonds is 6. The molecule has 3 rings (SSSR count). The van der Waals surface area contributed by atoms with Crippen molar-refractivity contribution in [3.63, 3.8) is 0 Å². The number of carbonyl (C=O) groups is 2. The van der Waals surface area contributed by atoms with Crippen LogP contribution in [0, 0.1) is 11.6 Å². The molecule has 0 radical (unpaired) electrons. The number of benzene rings is 1. The van der Waals surface area contributed by atoms with Gasteiger partial charge in [-0.1, -0.05) is 6.07 Å². The van der Waals surface area contributed by atoms with Crippen LogP contribution >= 0.6 is 24.0 Å². The first-order chi connectivity index (χ1) is 14.0. The van der Waals surface area contributed by atoms with Gasteiger partial charge in [-0.3, -0.25) is 19.5 Å². The minimum absolute atomic E-state index is 0. The van der Waals surface area contributed by atoms with Gasteiger partial charge in [-0.2, -0.15) is 0 Å². The van der Waals surface area contributed by atoms with E-state index in [2.05, 4.69) is 15.6 Å². The summed E-state index contributed by atoms with van der Waals surface area (Å²) in [5.74, 6) is -0.866. The molecule has 2 N–H and O–H groups in total. The van der Waals surface area contributed by atoms with Crippen LogP contribution in [0.25, 0.3) is 0 Å². The molecule has 30 heavy (non-hydrogen) atoms. The number of anilines is 1. The Hall–Kier alpha value is -1.98. The largest absolute Gasteiger partial charge is 0.365 e. The number of carbonyl (C=O) groups excluding carboxylic acids is 2. The maximum atomic E-state index is 14.0. The SMILES string of the molecule is CCNC(=NCCN1C(=O)CCCC1=O)NC1CCN(c2c(F)cccc2F)C1.I. The second kappa shape index (κ2) is 11.4. The number of aliphatic imine (C=N–C) groups is 1. The van der Waals surface area contributed by atoms with E-state index in [1.165, 1.54) is 23.1 Å². The maximum Gasteiger partial charge on any atom is 0.229 e. The summed E-state index contributed by atoms with van der Waals surface area (Å²) >= 11 is 0. The van der Waals surface area contributed by atoms with Crippen LogP contribution in [0.3, 0.4) is 0 Å². The first-order valence-electron chi connectivity index (χ1n) is 10.1.